The Labute approximate surface area is 115 Å². The number of hydrogen-bond acceptors (Lipinski definition) is 2. The first kappa shape index (κ1) is 15.4. The summed E-state index contributed by atoms with van der Waals surface area (Å²) in [5.41, 5.74) is 3.30. The Morgan fingerprint density at radius 2 is 1.79 bits per heavy atom. The molecule has 0 aliphatic rings. The van der Waals surface area contributed by atoms with Gasteiger partial charge in [0.1, 0.15) is 5.78 Å². The van der Waals surface area contributed by atoms with Crippen LogP contribution >= 0.6 is 0 Å². The van der Waals surface area contributed by atoms with Crippen LogP contribution < -0.4 is 5.32 Å². The number of amides is 1. The zero-order valence-electron chi connectivity index (χ0n) is 12.1. The highest BCUT2D eigenvalue weighted by Crippen LogP contribution is 2.20. The molecule has 1 aromatic carbocycles. The Kier molecular flexibility index (Phi) is 6.26. The van der Waals surface area contributed by atoms with Crippen LogP contribution in [-0.4, -0.2) is 11.7 Å². The van der Waals surface area contributed by atoms with Gasteiger partial charge in [-0.05, 0) is 37.0 Å². The summed E-state index contributed by atoms with van der Waals surface area (Å²) in [5, 5.41) is 2.84. The summed E-state index contributed by atoms with van der Waals surface area (Å²) in [7, 11) is 0. The minimum atomic E-state index is -0.229. The van der Waals surface area contributed by atoms with E-state index in [4.69, 9.17) is 0 Å². The summed E-state index contributed by atoms with van der Waals surface area (Å²) in [6, 6.07) is 6.16. The predicted octanol–water partition coefficient (Wildman–Crippen LogP) is 3.51. The number of ketones is 1. The second kappa shape index (κ2) is 7.72. The maximum atomic E-state index is 11.7. The van der Waals surface area contributed by atoms with Crippen LogP contribution in [0.1, 0.15) is 51.2 Å². The minimum absolute atomic E-state index is 0.0533. The van der Waals surface area contributed by atoms with E-state index in [9.17, 15) is 9.59 Å². The molecular formula is C16H23NO2. The highest BCUT2D eigenvalue weighted by molar-refractivity contribution is 6.03. The Morgan fingerprint density at radius 1 is 1.11 bits per heavy atom. The lowest BCUT2D eigenvalue weighted by Gasteiger charge is -2.12. The second-order valence-electron chi connectivity index (χ2n) is 4.92. The van der Waals surface area contributed by atoms with Crippen molar-refractivity contribution in [1.82, 2.24) is 0 Å². The molecule has 1 amide bonds. The van der Waals surface area contributed by atoms with Gasteiger partial charge in [-0.3, -0.25) is 9.59 Å². The van der Waals surface area contributed by atoms with Crippen LogP contribution in [0.25, 0.3) is 0 Å². The fourth-order valence-corrected chi connectivity index (χ4v) is 2.11. The number of hydrogen-bond donors (Lipinski definition) is 1. The molecule has 104 valence electrons. The lowest BCUT2D eigenvalue weighted by atomic mass is 10.0. The van der Waals surface area contributed by atoms with Crippen LogP contribution in [-0.2, 0) is 22.4 Å². The molecule has 1 rings (SSSR count). The molecule has 0 saturated heterocycles. The molecule has 0 atom stereocenters. The third-order valence-corrected chi connectivity index (χ3v) is 2.91. The fourth-order valence-electron chi connectivity index (χ4n) is 2.11. The Hall–Kier alpha value is -1.64. The second-order valence-corrected chi connectivity index (χ2v) is 4.92. The Morgan fingerprint density at radius 3 is 2.37 bits per heavy atom. The van der Waals surface area contributed by atoms with E-state index in [0.717, 1.165) is 36.9 Å². The van der Waals surface area contributed by atoms with Crippen molar-refractivity contribution < 1.29 is 9.59 Å². The maximum Gasteiger partial charge on any atom is 0.231 e. The largest absolute Gasteiger partial charge is 0.325 e. The SMILES string of the molecule is CCCc1ccc(NC(=O)CC(C)=O)c(CCC)c1. The predicted molar refractivity (Wildman–Crippen MR) is 78.4 cm³/mol. The van der Waals surface area contributed by atoms with Crippen LogP contribution in [0, 0.1) is 0 Å². The van der Waals surface area contributed by atoms with Crippen LogP contribution in [0.3, 0.4) is 0 Å². The molecule has 0 spiro atoms. The van der Waals surface area contributed by atoms with E-state index in [0.29, 0.717) is 0 Å². The number of aryl methyl sites for hydroxylation is 2. The monoisotopic (exact) mass is 261 g/mol. The molecule has 0 aromatic heterocycles. The molecule has 0 fully saturated rings. The van der Waals surface area contributed by atoms with Gasteiger partial charge < -0.3 is 5.32 Å². The number of Topliss-reactive ketones (excluding diaryl/α,β-unsaturated/α-hetero) is 1. The van der Waals surface area contributed by atoms with Crippen LogP contribution in [0.2, 0.25) is 0 Å². The molecule has 0 saturated carbocycles. The van der Waals surface area contributed by atoms with Crippen molar-refractivity contribution in [3.63, 3.8) is 0 Å². The average molecular weight is 261 g/mol. The molecular weight excluding hydrogens is 238 g/mol. The topological polar surface area (TPSA) is 46.2 Å². The van der Waals surface area contributed by atoms with Gasteiger partial charge in [0, 0.05) is 5.69 Å². The van der Waals surface area contributed by atoms with E-state index in [-0.39, 0.29) is 18.1 Å². The van der Waals surface area contributed by atoms with Crippen LogP contribution in [0.15, 0.2) is 18.2 Å². The van der Waals surface area contributed by atoms with E-state index in [1.165, 1.54) is 12.5 Å². The maximum absolute atomic E-state index is 11.7. The molecule has 19 heavy (non-hydrogen) atoms. The van der Waals surface area contributed by atoms with Crippen molar-refractivity contribution in [2.75, 3.05) is 5.32 Å². The summed E-state index contributed by atoms with van der Waals surface area (Å²) in [6.07, 6.45) is 4.08. The lowest BCUT2D eigenvalue weighted by molar-refractivity contribution is -0.124. The molecule has 3 heteroatoms. The standard InChI is InChI=1S/C16H23NO2/c1-4-6-13-8-9-15(14(11-13)7-5-2)17-16(19)10-12(3)18/h8-9,11H,4-7,10H2,1-3H3,(H,17,19). The van der Waals surface area contributed by atoms with Gasteiger partial charge in [0.25, 0.3) is 0 Å². The molecule has 0 radical (unpaired) electrons. The third-order valence-electron chi connectivity index (χ3n) is 2.91. The average Bonchev–Trinajstić information content (AvgIpc) is 2.32. The molecule has 0 aliphatic carbocycles. The van der Waals surface area contributed by atoms with Gasteiger partial charge in [0.05, 0.1) is 6.42 Å². The summed E-state index contributed by atoms with van der Waals surface area (Å²) in [5.74, 6) is -0.342. The van der Waals surface area contributed by atoms with Crippen LogP contribution in [0.4, 0.5) is 5.69 Å². The first-order valence-corrected chi connectivity index (χ1v) is 6.97. The summed E-state index contributed by atoms with van der Waals surface area (Å²) >= 11 is 0. The highest BCUT2D eigenvalue weighted by Gasteiger charge is 2.09. The van der Waals surface area contributed by atoms with Crippen molar-refractivity contribution in [3.8, 4) is 0 Å². The Balaban J connectivity index is 2.86. The number of benzene rings is 1. The normalized spacial score (nSPS) is 10.3. The number of anilines is 1. The lowest BCUT2D eigenvalue weighted by Crippen LogP contribution is -2.16. The molecule has 3 nitrogen and oxygen atoms in total. The number of nitrogens with one attached hydrogen (secondary N) is 1. The van der Waals surface area contributed by atoms with Crippen molar-refractivity contribution in [1.29, 1.82) is 0 Å². The van der Waals surface area contributed by atoms with Gasteiger partial charge in [-0.15, -0.1) is 0 Å². The number of rotatable bonds is 7. The smallest absolute Gasteiger partial charge is 0.231 e. The molecule has 0 unspecified atom stereocenters. The zero-order valence-corrected chi connectivity index (χ0v) is 12.1. The quantitative estimate of drug-likeness (QED) is 0.763. The third kappa shape index (κ3) is 5.25. The number of carbonyl (C=O) groups excluding carboxylic acids is 2. The first-order chi connectivity index (χ1) is 9.06. The summed E-state index contributed by atoms with van der Waals surface area (Å²) < 4.78 is 0. The van der Waals surface area contributed by atoms with Gasteiger partial charge in [-0.25, -0.2) is 0 Å². The molecule has 0 aliphatic heterocycles. The van der Waals surface area contributed by atoms with Gasteiger partial charge in [0.2, 0.25) is 5.91 Å². The fraction of sp³-hybridized carbons (Fsp3) is 0.500. The zero-order chi connectivity index (χ0) is 14.3. The van der Waals surface area contributed by atoms with E-state index in [2.05, 4.69) is 25.2 Å². The van der Waals surface area contributed by atoms with Crippen molar-refractivity contribution in [3.05, 3.63) is 29.3 Å². The van der Waals surface area contributed by atoms with Gasteiger partial charge >= 0.3 is 0 Å². The molecule has 1 N–H and O–H groups in total. The first-order valence-electron chi connectivity index (χ1n) is 6.97. The van der Waals surface area contributed by atoms with Gasteiger partial charge in [0.15, 0.2) is 0 Å². The molecule has 0 bridgehead atoms. The highest BCUT2D eigenvalue weighted by atomic mass is 16.2. The van der Waals surface area contributed by atoms with E-state index < -0.39 is 0 Å². The van der Waals surface area contributed by atoms with Crippen LogP contribution in [0.5, 0.6) is 0 Å². The summed E-state index contributed by atoms with van der Waals surface area (Å²) in [4.78, 5) is 22.6. The van der Waals surface area contributed by atoms with Crippen molar-refractivity contribution in [2.24, 2.45) is 0 Å². The minimum Gasteiger partial charge on any atom is -0.325 e. The van der Waals surface area contributed by atoms with Gasteiger partial charge in [-0.1, -0.05) is 38.8 Å². The van der Waals surface area contributed by atoms with E-state index in [1.54, 1.807) is 0 Å². The number of carbonyl (C=O) groups is 2. The van der Waals surface area contributed by atoms with Crippen molar-refractivity contribution >= 4 is 17.4 Å². The van der Waals surface area contributed by atoms with E-state index in [1.807, 2.05) is 12.1 Å². The van der Waals surface area contributed by atoms with E-state index >= 15 is 0 Å². The summed E-state index contributed by atoms with van der Waals surface area (Å²) in [6.45, 7) is 5.70. The molecule has 0 heterocycles. The molecule has 1 aromatic rings. The van der Waals surface area contributed by atoms with Crippen molar-refractivity contribution in [2.45, 2.75) is 52.9 Å². The van der Waals surface area contributed by atoms with Gasteiger partial charge in [-0.2, -0.15) is 0 Å². The Bertz CT molecular complexity index is 452.